The Bertz CT molecular complexity index is 920. The van der Waals surface area contributed by atoms with Crippen LogP contribution in [0.15, 0.2) is 42.2 Å². The van der Waals surface area contributed by atoms with Crippen LogP contribution in [-0.2, 0) is 9.59 Å². The highest BCUT2D eigenvalue weighted by Gasteiger charge is 2.36. The van der Waals surface area contributed by atoms with Crippen LogP contribution in [0, 0.1) is 0 Å². The molecule has 27 heavy (non-hydrogen) atoms. The fourth-order valence-corrected chi connectivity index (χ4v) is 2.43. The summed E-state index contributed by atoms with van der Waals surface area (Å²) in [5.41, 5.74) is 0.589. The fraction of sp³-hybridized carbons (Fsp3) is 0.167. The van der Waals surface area contributed by atoms with Gasteiger partial charge in [-0.2, -0.15) is 0 Å². The van der Waals surface area contributed by atoms with Gasteiger partial charge in [0.2, 0.25) is 5.95 Å². The Morgan fingerprint density at radius 1 is 1.07 bits per heavy atom. The van der Waals surface area contributed by atoms with Crippen LogP contribution in [0.4, 0.5) is 16.4 Å². The van der Waals surface area contributed by atoms with Crippen LogP contribution < -0.4 is 19.9 Å². The summed E-state index contributed by atoms with van der Waals surface area (Å²) in [5, 5.41) is 2.17. The van der Waals surface area contributed by atoms with Crippen LogP contribution in [0.5, 0.6) is 5.75 Å². The van der Waals surface area contributed by atoms with Gasteiger partial charge in [0.05, 0.1) is 12.8 Å². The number of nitrogens with zero attached hydrogens (tertiary/aromatic N) is 4. The molecule has 9 nitrogen and oxygen atoms in total. The van der Waals surface area contributed by atoms with Crippen LogP contribution in [0.1, 0.15) is 5.56 Å². The SMILES string of the molecule is COc1ccc(N2C(=O)NC(=O)C(=Cc3cnc(N(C)C)nc3)C2=O)cc1. The van der Waals surface area contributed by atoms with Crippen LogP contribution in [0.25, 0.3) is 6.08 Å². The van der Waals surface area contributed by atoms with Crippen LogP contribution in [0.2, 0.25) is 0 Å². The minimum absolute atomic E-state index is 0.188. The number of barbiturate groups is 1. The number of benzene rings is 1. The summed E-state index contributed by atoms with van der Waals surface area (Å²) < 4.78 is 5.07. The maximum Gasteiger partial charge on any atom is 0.335 e. The summed E-state index contributed by atoms with van der Waals surface area (Å²) in [6.07, 6.45) is 4.33. The Hall–Kier alpha value is -3.75. The van der Waals surface area contributed by atoms with E-state index in [1.54, 1.807) is 43.3 Å². The zero-order chi connectivity index (χ0) is 19.6. The molecule has 0 spiro atoms. The van der Waals surface area contributed by atoms with Gasteiger partial charge in [0.1, 0.15) is 11.3 Å². The molecule has 1 fully saturated rings. The molecule has 1 aliphatic heterocycles. The summed E-state index contributed by atoms with van der Waals surface area (Å²) in [7, 11) is 5.10. The molecule has 0 aliphatic carbocycles. The highest BCUT2D eigenvalue weighted by atomic mass is 16.5. The van der Waals surface area contributed by atoms with Crippen molar-refractivity contribution in [2.24, 2.45) is 0 Å². The number of urea groups is 1. The molecule has 1 aromatic carbocycles. The summed E-state index contributed by atoms with van der Waals surface area (Å²) in [6.45, 7) is 0. The van der Waals surface area contributed by atoms with Crippen molar-refractivity contribution in [1.29, 1.82) is 0 Å². The summed E-state index contributed by atoms with van der Waals surface area (Å²) in [6, 6.07) is 5.52. The van der Waals surface area contributed by atoms with Crippen LogP contribution >= 0.6 is 0 Å². The number of hydrogen-bond acceptors (Lipinski definition) is 7. The zero-order valence-corrected chi connectivity index (χ0v) is 15.0. The second kappa shape index (κ2) is 7.24. The molecule has 2 heterocycles. The van der Waals surface area contributed by atoms with Gasteiger partial charge in [-0.1, -0.05) is 0 Å². The van der Waals surface area contributed by atoms with Gasteiger partial charge in [0, 0.05) is 32.1 Å². The van der Waals surface area contributed by atoms with Crippen molar-refractivity contribution < 1.29 is 19.1 Å². The molecule has 1 saturated heterocycles. The number of carbonyl (C=O) groups excluding carboxylic acids is 3. The number of hydrogen-bond donors (Lipinski definition) is 1. The first-order valence-electron chi connectivity index (χ1n) is 7.95. The lowest BCUT2D eigenvalue weighted by Gasteiger charge is -2.26. The van der Waals surface area contributed by atoms with E-state index in [1.807, 2.05) is 0 Å². The minimum atomic E-state index is -0.813. The van der Waals surface area contributed by atoms with Gasteiger partial charge in [-0.3, -0.25) is 14.9 Å². The molecule has 0 unspecified atom stereocenters. The monoisotopic (exact) mass is 367 g/mol. The molecule has 138 valence electrons. The van der Waals surface area contributed by atoms with E-state index < -0.39 is 17.8 Å². The van der Waals surface area contributed by atoms with Gasteiger partial charge < -0.3 is 9.64 Å². The second-order valence-electron chi connectivity index (χ2n) is 5.87. The first kappa shape index (κ1) is 18.1. The first-order valence-corrected chi connectivity index (χ1v) is 7.95. The lowest BCUT2D eigenvalue weighted by Crippen LogP contribution is -2.54. The predicted molar refractivity (Wildman–Crippen MR) is 98.4 cm³/mol. The quantitative estimate of drug-likeness (QED) is 0.640. The van der Waals surface area contributed by atoms with Crippen molar-refractivity contribution in [3.05, 3.63) is 47.8 Å². The van der Waals surface area contributed by atoms with Crippen molar-refractivity contribution in [1.82, 2.24) is 15.3 Å². The molecule has 0 saturated carbocycles. The van der Waals surface area contributed by atoms with E-state index in [4.69, 9.17) is 4.74 Å². The largest absolute Gasteiger partial charge is 0.497 e. The molecule has 2 aromatic rings. The Kier molecular flexibility index (Phi) is 4.84. The number of aromatic nitrogens is 2. The number of methoxy groups -OCH3 is 1. The van der Waals surface area contributed by atoms with E-state index in [-0.39, 0.29) is 5.57 Å². The molecule has 1 aromatic heterocycles. The fourth-order valence-electron chi connectivity index (χ4n) is 2.43. The normalized spacial score (nSPS) is 15.7. The lowest BCUT2D eigenvalue weighted by molar-refractivity contribution is -0.122. The summed E-state index contributed by atoms with van der Waals surface area (Å²) in [5.74, 6) is -0.433. The number of imide groups is 2. The van der Waals surface area contributed by atoms with Crippen molar-refractivity contribution in [3.63, 3.8) is 0 Å². The van der Waals surface area contributed by atoms with Crippen molar-refractivity contribution >= 4 is 35.6 Å². The van der Waals surface area contributed by atoms with Crippen LogP contribution in [-0.4, -0.2) is 49.0 Å². The molecule has 3 rings (SSSR count). The van der Waals surface area contributed by atoms with Crippen molar-refractivity contribution in [3.8, 4) is 5.75 Å². The van der Waals surface area contributed by atoms with E-state index >= 15 is 0 Å². The van der Waals surface area contributed by atoms with Gasteiger partial charge in [-0.25, -0.2) is 19.7 Å². The molecule has 9 heteroatoms. The Labute approximate surface area is 155 Å². The van der Waals surface area contributed by atoms with Gasteiger partial charge >= 0.3 is 6.03 Å². The maximum absolute atomic E-state index is 12.8. The highest BCUT2D eigenvalue weighted by Crippen LogP contribution is 2.24. The third-order valence-corrected chi connectivity index (χ3v) is 3.80. The molecule has 0 atom stereocenters. The van der Waals surface area contributed by atoms with E-state index in [9.17, 15) is 14.4 Å². The summed E-state index contributed by atoms with van der Waals surface area (Å²) in [4.78, 5) is 48.0. The van der Waals surface area contributed by atoms with Crippen molar-refractivity contribution in [2.45, 2.75) is 0 Å². The number of anilines is 2. The highest BCUT2D eigenvalue weighted by molar-refractivity contribution is 6.39. The van der Waals surface area contributed by atoms with Crippen molar-refractivity contribution in [2.75, 3.05) is 31.0 Å². The number of rotatable bonds is 4. The molecule has 0 bridgehead atoms. The topological polar surface area (TPSA) is 105 Å². The van der Waals surface area contributed by atoms with E-state index in [0.29, 0.717) is 22.9 Å². The standard InChI is InChI=1S/C18H17N5O4/c1-22(2)17-19-9-11(10-20-17)8-14-15(24)21-18(26)23(16(14)25)12-4-6-13(27-3)7-5-12/h4-10H,1-3H3,(H,21,24,26). The Morgan fingerprint density at radius 3 is 2.26 bits per heavy atom. The third kappa shape index (κ3) is 3.61. The summed E-state index contributed by atoms with van der Waals surface area (Å²) >= 11 is 0. The molecular weight excluding hydrogens is 350 g/mol. The molecule has 0 radical (unpaired) electrons. The average Bonchev–Trinajstić information content (AvgIpc) is 2.66. The zero-order valence-electron chi connectivity index (χ0n) is 15.0. The van der Waals surface area contributed by atoms with E-state index in [1.165, 1.54) is 25.6 Å². The molecular formula is C18H17N5O4. The maximum atomic E-state index is 12.8. The van der Waals surface area contributed by atoms with E-state index in [0.717, 1.165) is 4.90 Å². The van der Waals surface area contributed by atoms with Gasteiger partial charge in [-0.05, 0) is 30.3 Å². The van der Waals surface area contributed by atoms with Gasteiger partial charge in [-0.15, -0.1) is 0 Å². The Morgan fingerprint density at radius 2 is 1.70 bits per heavy atom. The predicted octanol–water partition coefficient (Wildman–Crippen LogP) is 1.22. The number of carbonyl (C=O) groups is 3. The molecule has 1 aliphatic rings. The number of ether oxygens (including phenoxy) is 1. The average molecular weight is 367 g/mol. The van der Waals surface area contributed by atoms with E-state index in [2.05, 4.69) is 15.3 Å². The minimum Gasteiger partial charge on any atom is -0.497 e. The number of nitrogens with one attached hydrogen (secondary N) is 1. The van der Waals surface area contributed by atoms with Crippen LogP contribution in [0.3, 0.4) is 0 Å². The van der Waals surface area contributed by atoms with Gasteiger partial charge in [0.15, 0.2) is 0 Å². The first-order chi connectivity index (χ1) is 12.9. The Balaban J connectivity index is 1.93. The number of amides is 4. The smallest absolute Gasteiger partial charge is 0.335 e. The lowest BCUT2D eigenvalue weighted by atomic mass is 10.1. The second-order valence-corrected chi connectivity index (χ2v) is 5.87. The van der Waals surface area contributed by atoms with Gasteiger partial charge in [0.25, 0.3) is 11.8 Å². The third-order valence-electron chi connectivity index (χ3n) is 3.80. The molecule has 4 amide bonds. The molecule has 1 N–H and O–H groups in total.